The summed E-state index contributed by atoms with van der Waals surface area (Å²) in [6, 6.07) is 1.57. The van der Waals surface area contributed by atoms with Gasteiger partial charge in [-0.15, -0.1) is 0 Å². The molecule has 2 N–H and O–H groups in total. The van der Waals surface area contributed by atoms with Gasteiger partial charge in [0.05, 0.1) is 19.3 Å². The summed E-state index contributed by atoms with van der Waals surface area (Å²) in [7, 11) is 3.12. The molecule has 0 radical (unpaired) electrons. The second kappa shape index (κ2) is 4.28. The molecular weight excluding hydrogens is 222 g/mol. The van der Waals surface area contributed by atoms with Crippen LogP contribution in [-0.4, -0.2) is 32.4 Å². The van der Waals surface area contributed by atoms with Crippen molar-refractivity contribution >= 4 is 11.7 Å². The minimum Gasteiger partial charge on any atom is -0.464 e. The molecule has 0 unspecified atom stereocenters. The van der Waals surface area contributed by atoms with Crippen LogP contribution in [0.5, 0.6) is 0 Å². The lowest BCUT2D eigenvalue weighted by molar-refractivity contribution is 0.0589. The first-order valence-corrected chi connectivity index (χ1v) is 4.98. The Morgan fingerprint density at radius 2 is 2.35 bits per heavy atom. The molecule has 17 heavy (non-hydrogen) atoms. The Hall–Kier alpha value is -2.31. The number of hydrogen-bond donors (Lipinski definition) is 1. The Labute approximate surface area is 97.8 Å². The number of carbonyl (C=O) groups is 1. The van der Waals surface area contributed by atoms with Gasteiger partial charge in [-0.25, -0.2) is 9.78 Å². The van der Waals surface area contributed by atoms with E-state index in [9.17, 15) is 4.79 Å². The van der Waals surface area contributed by atoms with Crippen LogP contribution in [0.4, 0.5) is 5.69 Å². The fraction of sp³-hybridized carbons (Fsp3) is 0.300. The Kier molecular flexibility index (Phi) is 2.82. The van der Waals surface area contributed by atoms with Crippen LogP contribution in [0.25, 0.3) is 0 Å². The second-order valence-electron chi connectivity index (χ2n) is 3.58. The molecule has 2 aromatic rings. The van der Waals surface area contributed by atoms with E-state index in [2.05, 4.69) is 14.8 Å². The first-order valence-electron chi connectivity index (χ1n) is 4.98. The molecule has 0 saturated carbocycles. The molecule has 0 aromatic carbocycles. The van der Waals surface area contributed by atoms with Crippen molar-refractivity contribution in [3.05, 3.63) is 30.1 Å². The van der Waals surface area contributed by atoms with Crippen LogP contribution < -0.4 is 5.73 Å². The molecule has 2 aromatic heterocycles. The van der Waals surface area contributed by atoms with E-state index in [4.69, 9.17) is 5.73 Å². The number of nitrogen functional groups attached to an aromatic ring is 1. The van der Waals surface area contributed by atoms with Crippen molar-refractivity contribution in [3.63, 3.8) is 0 Å². The number of rotatable bonds is 3. The van der Waals surface area contributed by atoms with Crippen LogP contribution >= 0.6 is 0 Å². The third-order valence-electron chi connectivity index (χ3n) is 2.43. The predicted octanol–water partition coefficient (Wildman–Crippen LogP) is 0.0337. The van der Waals surface area contributed by atoms with Gasteiger partial charge in [-0.3, -0.25) is 4.68 Å². The fourth-order valence-electron chi connectivity index (χ4n) is 1.55. The molecule has 0 fully saturated rings. The highest BCUT2D eigenvalue weighted by atomic mass is 16.5. The minimum absolute atomic E-state index is 0.396. The van der Waals surface area contributed by atoms with Gasteiger partial charge in [-0.05, 0) is 6.07 Å². The quantitative estimate of drug-likeness (QED) is 0.758. The van der Waals surface area contributed by atoms with Crippen LogP contribution in [0, 0.1) is 0 Å². The summed E-state index contributed by atoms with van der Waals surface area (Å²) < 4.78 is 8.00. The SMILES string of the molecule is COC(=O)c1cc(N)cn1Cc1ncnn1C. The summed E-state index contributed by atoms with van der Waals surface area (Å²) in [6.07, 6.45) is 3.13. The van der Waals surface area contributed by atoms with Gasteiger partial charge in [-0.2, -0.15) is 5.10 Å². The van der Waals surface area contributed by atoms with Crippen molar-refractivity contribution in [2.24, 2.45) is 7.05 Å². The van der Waals surface area contributed by atoms with Gasteiger partial charge in [0.15, 0.2) is 0 Å². The molecule has 0 saturated heterocycles. The molecule has 0 atom stereocenters. The van der Waals surface area contributed by atoms with Gasteiger partial charge < -0.3 is 15.0 Å². The third-order valence-corrected chi connectivity index (χ3v) is 2.43. The highest BCUT2D eigenvalue weighted by molar-refractivity contribution is 5.89. The summed E-state index contributed by atoms with van der Waals surface area (Å²) in [5.41, 5.74) is 6.57. The molecule has 0 spiro atoms. The maximum atomic E-state index is 11.5. The maximum Gasteiger partial charge on any atom is 0.354 e. The van der Waals surface area contributed by atoms with Gasteiger partial charge in [-0.1, -0.05) is 0 Å². The largest absolute Gasteiger partial charge is 0.464 e. The van der Waals surface area contributed by atoms with E-state index < -0.39 is 5.97 Å². The highest BCUT2D eigenvalue weighted by Crippen LogP contribution is 2.13. The molecule has 2 heterocycles. The topological polar surface area (TPSA) is 88.0 Å². The number of methoxy groups -OCH3 is 1. The molecule has 2 rings (SSSR count). The predicted molar refractivity (Wildman–Crippen MR) is 60.3 cm³/mol. The number of nitrogens with two attached hydrogens (primary N) is 1. The number of anilines is 1. The number of ether oxygens (including phenoxy) is 1. The van der Waals surface area contributed by atoms with Crippen LogP contribution in [0.15, 0.2) is 18.6 Å². The Balaban J connectivity index is 2.33. The van der Waals surface area contributed by atoms with Crippen molar-refractivity contribution in [2.75, 3.05) is 12.8 Å². The molecule has 0 amide bonds. The van der Waals surface area contributed by atoms with Crippen molar-refractivity contribution in [3.8, 4) is 0 Å². The molecular formula is C10H13N5O2. The van der Waals surface area contributed by atoms with Gasteiger partial charge in [0.25, 0.3) is 0 Å². The molecule has 0 aliphatic heterocycles. The van der Waals surface area contributed by atoms with Crippen LogP contribution in [0.2, 0.25) is 0 Å². The van der Waals surface area contributed by atoms with E-state index in [1.807, 2.05) is 0 Å². The summed E-state index contributed by atoms with van der Waals surface area (Å²) >= 11 is 0. The average molecular weight is 235 g/mol. The first kappa shape index (κ1) is 11.2. The zero-order valence-corrected chi connectivity index (χ0v) is 9.62. The Morgan fingerprint density at radius 1 is 1.59 bits per heavy atom. The molecule has 0 aliphatic rings. The van der Waals surface area contributed by atoms with E-state index in [-0.39, 0.29) is 0 Å². The summed E-state index contributed by atoms with van der Waals surface area (Å²) in [5, 5.41) is 3.96. The van der Waals surface area contributed by atoms with E-state index in [0.29, 0.717) is 17.9 Å². The number of nitrogens with zero attached hydrogens (tertiary/aromatic N) is 4. The maximum absolute atomic E-state index is 11.5. The Morgan fingerprint density at radius 3 is 2.94 bits per heavy atom. The summed E-state index contributed by atoms with van der Waals surface area (Å²) in [6.45, 7) is 0.415. The van der Waals surface area contributed by atoms with Crippen molar-refractivity contribution in [1.29, 1.82) is 0 Å². The molecule has 7 nitrogen and oxygen atoms in total. The minimum atomic E-state index is -0.427. The molecule has 90 valence electrons. The molecule has 7 heteroatoms. The first-order chi connectivity index (χ1) is 8.11. The lowest BCUT2D eigenvalue weighted by Gasteiger charge is -2.06. The van der Waals surface area contributed by atoms with Crippen LogP contribution in [0.3, 0.4) is 0 Å². The molecule has 0 bridgehead atoms. The van der Waals surface area contributed by atoms with Crippen LogP contribution in [-0.2, 0) is 18.3 Å². The van der Waals surface area contributed by atoms with Crippen molar-refractivity contribution < 1.29 is 9.53 Å². The number of esters is 1. The van der Waals surface area contributed by atoms with Gasteiger partial charge in [0.2, 0.25) is 0 Å². The smallest absolute Gasteiger partial charge is 0.354 e. The zero-order valence-electron chi connectivity index (χ0n) is 9.62. The summed E-state index contributed by atoms with van der Waals surface area (Å²) in [4.78, 5) is 15.6. The fourth-order valence-corrected chi connectivity index (χ4v) is 1.55. The lowest BCUT2D eigenvalue weighted by Crippen LogP contribution is -2.13. The average Bonchev–Trinajstić information content (AvgIpc) is 2.86. The normalized spacial score (nSPS) is 10.5. The van der Waals surface area contributed by atoms with E-state index in [1.165, 1.54) is 13.4 Å². The second-order valence-corrected chi connectivity index (χ2v) is 3.58. The number of aromatic nitrogens is 4. The van der Waals surface area contributed by atoms with Gasteiger partial charge in [0.1, 0.15) is 17.8 Å². The molecule has 0 aliphatic carbocycles. The van der Waals surface area contributed by atoms with Crippen molar-refractivity contribution in [2.45, 2.75) is 6.54 Å². The van der Waals surface area contributed by atoms with Crippen LogP contribution in [0.1, 0.15) is 16.3 Å². The number of carbonyl (C=O) groups excluding carboxylic acids is 1. The number of aryl methyl sites for hydroxylation is 1. The zero-order chi connectivity index (χ0) is 12.4. The van der Waals surface area contributed by atoms with Gasteiger partial charge in [0, 0.05) is 13.2 Å². The van der Waals surface area contributed by atoms with E-state index in [1.54, 1.807) is 28.6 Å². The highest BCUT2D eigenvalue weighted by Gasteiger charge is 2.14. The monoisotopic (exact) mass is 235 g/mol. The van der Waals surface area contributed by atoms with E-state index >= 15 is 0 Å². The third kappa shape index (κ3) is 2.12. The van der Waals surface area contributed by atoms with E-state index in [0.717, 1.165) is 5.82 Å². The van der Waals surface area contributed by atoms with Crippen molar-refractivity contribution in [1.82, 2.24) is 19.3 Å². The lowest BCUT2D eigenvalue weighted by atomic mass is 10.4. The number of hydrogen-bond acceptors (Lipinski definition) is 5. The standard InChI is InChI=1S/C10H13N5O2/c1-14-9(12-6-13-14)5-15-4-7(11)3-8(15)10(16)17-2/h3-4,6H,5,11H2,1-2H3. The van der Waals surface area contributed by atoms with Gasteiger partial charge >= 0.3 is 5.97 Å². The Bertz CT molecular complexity index is 543. The summed E-state index contributed by atoms with van der Waals surface area (Å²) in [5.74, 6) is 0.301.